The summed E-state index contributed by atoms with van der Waals surface area (Å²) in [5.41, 5.74) is 4.81. The minimum absolute atomic E-state index is 0.203. The van der Waals surface area contributed by atoms with E-state index in [1.807, 2.05) is 28.9 Å². The predicted octanol–water partition coefficient (Wildman–Crippen LogP) is 2.79. The predicted molar refractivity (Wildman–Crippen MR) is 82.5 cm³/mol. The topological polar surface area (TPSA) is 65.1 Å². The van der Waals surface area contributed by atoms with Crippen molar-refractivity contribution in [2.75, 3.05) is 7.11 Å². The van der Waals surface area contributed by atoms with Crippen LogP contribution in [0.15, 0.2) is 34.9 Å². The van der Waals surface area contributed by atoms with Crippen molar-refractivity contribution in [1.29, 1.82) is 0 Å². The number of methoxy groups -OCH3 is 1. The van der Waals surface area contributed by atoms with Gasteiger partial charge in [-0.25, -0.2) is 5.43 Å². The maximum Gasteiger partial charge on any atom is 0.161 e. The smallest absolute Gasteiger partial charge is 0.161 e. The standard InChI is InChI=1S/C14H19BrN4O/c1-9(2)19-14(12(20-3)8-17-19)13(18-16)10-6-4-5-7-11(10)15/h4-9,13,18H,16H2,1-3H3. The van der Waals surface area contributed by atoms with Crippen LogP contribution in [-0.4, -0.2) is 16.9 Å². The Balaban J connectivity index is 2.57. The van der Waals surface area contributed by atoms with Gasteiger partial charge in [-0.3, -0.25) is 10.5 Å². The van der Waals surface area contributed by atoms with E-state index in [9.17, 15) is 0 Å². The molecule has 6 heteroatoms. The van der Waals surface area contributed by atoms with Crippen LogP contribution in [0.3, 0.4) is 0 Å². The molecular formula is C14H19BrN4O. The molecule has 0 saturated heterocycles. The molecule has 5 nitrogen and oxygen atoms in total. The third kappa shape index (κ3) is 2.72. The lowest BCUT2D eigenvalue weighted by atomic mass is 10.0. The van der Waals surface area contributed by atoms with Crippen molar-refractivity contribution >= 4 is 15.9 Å². The summed E-state index contributed by atoms with van der Waals surface area (Å²) in [7, 11) is 1.64. The number of hydrogen-bond donors (Lipinski definition) is 2. The molecule has 0 aliphatic rings. The number of halogens is 1. The van der Waals surface area contributed by atoms with Gasteiger partial charge in [0, 0.05) is 10.5 Å². The van der Waals surface area contributed by atoms with Crippen molar-refractivity contribution in [3.63, 3.8) is 0 Å². The van der Waals surface area contributed by atoms with E-state index in [1.165, 1.54) is 0 Å². The van der Waals surface area contributed by atoms with E-state index < -0.39 is 0 Å². The molecule has 0 aliphatic heterocycles. The Hall–Kier alpha value is -1.37. The van der Waals surface area contributed by atoms with Gasteiger partial charge in [-0.15, -0.1) is 0 Å². The fourth-order valence-electron chi connectivity index (χ4n) is 2.22. The normalized spacial score (nSPS) is 12.7. The Labute approximate surface area is 127 Å². The first kappa shape index (κ1) is 15.0. The Bertz CT molecular complexity index is 582. The van der Waals surface area contributed by atoms with E-state index in [4.69, 9.17) is 10.6 Å². The molecule has 1 atom stereocenters. The van der Waals surface area contributed by atoms with Crippen LogP contribution < -0.4 is 16.0 Å². The Morgan fingerprint density at radius 1 is 1.35 bits per heavy atom. The van der Waals surface area contributed by atoms with Gasteiger partial charge < -0.3 is 4.74 Å². The average Bonchev–Trinajstić information content (AvgIpc) is 2.86. The van der Waals surface area contributed by atoms with Gasteiger partial charge in [0.2, 0.25) is 0 Å². The fourth-order valence-corrected chi connectivity index (χ4v) is 2.74. The van der Waals surface area contributed by atoms with E-state index in [-0.39, 0.29) is 12.1 Å². The highest BCUT2D eigenvalue weighted by Crippen LogP contribution is 2.34. The molecule has 0 fully saturated rings. The van der Waals surface area contributed by atoms with Crippen LogP contribution in [0, 0.1) is 0 Å². The third-order valence-electron chi connectivity index (χ3n) is 3.16. The molecule has 0 spiro atoms. The first-order valence-corrected chi connectivity index (χ1v) is 7.21. The minimum atomic E-state index is -0.203. The number of nitrogens with one attached hydrogen (secondary N) is 1. The molecule has 3 N–H and O–H groups in total. The van der Waals surface area contributed by atoms with Crippen LogP contribution in [0.5, 0.6) is 5.75 Å². The zero-order valence-electron chi connectivity index (χ0n) is 11.8. The molecule has 20 heavy (non-hydrogen) atoms. The Morgan fingerprint density at radius 2 is 2.05 bits per heavy atom. The van der Waals surface area contributed by atoms with Gasteiger partial charge >= 0.3 is 0 Å². The second kappa shape index (κ2) is 6.39. The largest absolute Gasteiger partial charge is 0.493 e. The molecule has 0 amide bonds. The number of ether oxygens (including phenoxy) is 1. The molecule has 0 radical (unpaired) electrons. The van der Waals surface area contributed by atoms with Crippen LogP contribution in [0.2, 0.25) is 0 Å². The number of aromatic nitrogens is 2. The molecule has 2 rings (SSSR count). The van der Waals surface area contributed by atoms with Gasteiger partial charge in [-0.2, -0.15) is 5.10 Å². The van der Waals surface area contributed by atoms with E-state index >= 15 is 0 Å². The lowest BCUT2D eigenvalue weighted by Crippen LogP contribution is -2.31. The second-order valence-electron chi connectivity index (χ2n) is 4.76. The summed E-state index contributed by atoms with van der Waals surface area (Å²) in [6.07, 6.45) is 1.72. The van der Waals surface area contributed by atoms with Crippen molar-refractivity contribution < 1.29 is 4.74 Å². The van der Waals surface area contributed by atoms with Gasteiger partial charge in [0.15, 0.2) is 5.75 Å². The summed E-state index contributed by atoms with van der Waals surface area (Å²) in [5.74, 6) is 6.51. The zero-order valence-corrected chi connectivity index (χ0v) is 13.4. The molecule has 2 aromatic rings. The van der Waals surface area contributed by atoms with Crippen LogP contribution >= 0.6 is 15.9 Å². The molecule has 1 heterocycles. The Morgan fingerprint density at radius 3 is 2.60 bits per heavy atom. The first-order chi connectivity index (χ1) is 9.60. The summed E-state index contributed by atoms with van der Waals surface area (Å²) < 4.78 is 8.33. The molecule has 0 aliphatic carbocycles. The summed E-state index contributed by atoms with van der Waals surface area (Å²) in [5, 5.41) is 4.39. The van der Waals surface area contributed by atoms with Crippen molar-refractivity contribution in [3.8, 4) is 5.75 Å². The number of hydrogen-bond acceptors (Lipinski definition) is 4. The highest BCUT2D eigenvalue weighted by molar-refractivity contribution is 9.10. The molecular weight excluding hydrogens is 320 g/mol. The number of nitrogens with zero attached hydrogens (tertiary/aromatic N) is 2. The lowest BCUT2D eigenvalue weighted by molar-refractivity contribution is 0.394. The Kier molecular flexibility index (Phi) is 4.80. The van der Waals surface area contributed by atoms with Crippen LogP contribution in [0.4, 0.5) is 0 Å². The van der Waals surface area contributed by atoms with Gasteiger partial charge in [0.25, 0.3) is 0 Å². The molecule has 1 aromatic carbocycles. The lowest BCUT2D eigenvalue weighted by Gasteiger charge is -2.22. The third-order valence-corrected chi connectivity index (χ3v) is 3.89. The van der Waals surface area contributed by atoms with Crippen LogP contribution in [0.25, 0.3) is 0 Å². The minimum Gasteiger partial charge on any atom is -0.493 e. The van der Waals surface area contributed by atoms with Crippen LogP contribution in [-0.2, 0) is 0 Å². The molecule has 1 unspecified atom stereocenters. The molecule has 1 aromatic heterocycles. The van der Waals surface area contributed by atoms with E-state index in [1.54, 1.807) is 13.3 Å². The van der Waals surface area contributed by atoms with E-state index in [2.05, 4.69) is 40.3 Å². The van der Waals surface area contributed by atoms with Gasteiger partial charge in [0.05, 0.1) is 19.3 Å². The van der Waals surface area contributed by atoms with E-state index in [0.717, 1.165) is 21.5 Å². The fraction of sp³-hybridized carbons (Fsp3) is 0.357. The number of nitrogens with two attached hydrogens (primary N) is 1. The summed E-state index contributed by atoms with van der Waals surface area (Å²) in [6.45, 7) is 4.15. The second-order valence-corrected chi connectivity index (χ2v) is 5.61. The van der Waals surface area contributed by atoms with Crippen LogP contribution in [0.1, 0.15) is 37.2 Å². The zero-order chi connectivity index (χ0) is 14.7. The number of benzene rings is 1. The van der Waals surface area contributed by atoms with Gasteiger partial charge in [-0.1, -0.05) is 34.1 Å². The molecule has 108 valence electrons. The summed E-state index contributed by atoms with van der Waals surface area (Å²) in [4.78, 5) is 0. The monoisotopic (exact) mass is 338 g/mol. The van der Waals surface area contributed by atoms with Crippen molar-refractivity contribution in [3.05, 3.63) is 46.2 Å². The average molecular weight is 339 g/mol. The van der Waals surface area contributed by atoms with Crippen molar-refractivity contribution in [1.82, 2.24) is 15.2 Å². The van der Waals surface area contributed by atoms with Crippen molar-refractivity contribution in [2.45, 2.75) is 25.9 Å². The maximum absolute atomic E-state index is 5.79. The maximum atomic E-state index is 5.79. The highest BCUT2D eigenvalue weighted by Gasteiger charge is 2.25. The summed E-state index contributed by atoms with van der Waals surface area (Å²) >= 11 is 3.57. The summed E-state index contributed by atoms with van der Waals surface area (Å²) in [6, 6.07) is 7.97. The quantitative estimate of drug-likeness (QED) is 0.649. The first-order valence-electron chi connectivity index (χ1n) is 6.42. The van der Waals surface area contributed by atoms with Gasteiger partial charge in [-0.05, 0) is 25.5 Å². The number of hydrazine groups is 1. The van der Waals surface area contributed by atoms with Crippen molar-refractivity contribution in [2.24, 2.45) is 5.84 Å². The SMILES string of the molecule is COc1cnn(C(C)C)c1C(NN)c1ccccc1Br. The molecule has 0 bridgehead atoms. The molecule has 0 saturated carbocycles. The van der Waals surface area contributed by atoms with E-state index in [0.29, 0.717) is 0 Å². The highest BCUT2D eigenvalue weighted by atomic mass is 79.9. The van der Waals surface area contributed by atoms with Gasteiger partial charge in [0.1, 0.15) is 5.69 Å². The number of rotatable bonds is 5.